The van der Waals surface area contributed by atoms with E-state index >= 15 is 0 Å². The van der Waals surface area contributed by atoms with Crippen LogP contribution in [0.2, 0.25) is 0 Å². The predicted molar refractivity (Wildman–Crippen MR) is 34.8 cm³/mol. The fourth-order valence-electron chi connectivity index (χ4n) is 0. The molecule has 0 radical (unpaired) electrons. The van der Waals surface area contributed by atoms with Crippen molar-refractivity contribution in [3.05, 3.63) is 0 Å². The Bertz CT molecular complexity index is 9.22. The van der Waals surface area contributed by atoms with E-state index in [1.807, 2.05) is 0 Å². The number of hydrogen-bond donors (Lipinski definition) is 0. The van der Waals surface area contributed by atoms with Gasteiger partial charge >= 0.3 is 32.0 Å². The van der Waals surface area contributed by atoms with Crippen molar-refractivity contribution in [2.24, 2.45) is 0 Å². The molecule has 0 fully saturated rings. The fraction of sp³-hybridized carbons (Fsp3) is 0. The van der Waals surface area contributed by atoms with Gasteiger partial charge < -0.3 is 43.8 Å². The molecule has 0 spiro atoms. The Balaban J connectivity index is -0.000000000179. The summed E-state index contributed by atoms with van der Waals surface area (Å²) in [6.07, 6.45) is 0. The zero-order valence-corrected chi connectivity index (χ0v) is 8.09. The average Bonchev–Trinajstić information content (AvgIpc) is 1.00. The van der Waals surface area contributed by atoms with Gasteiger partial charge in [-0.2, -0.15) is 0 Å². The molecule has 8 nitrogen and oxygen atoms in total. The monoisotopic (exact) mass is 269 g/mol. The van der Waals surface area contributed by atoms with Crippen LogP contribution in [0.1, 0.15) is 0 Å². The quantitative estimate of drug-likeness (QED) is 0.398. The van der Waals surface area contributed by atoms with Crippen LogP contribution in [-0.2, 0) is 23.5 Å². The molecule has 0 aromatic heterocycles. The third kappa shape index (κ3) is 750. The molecule has 0 aromatic rings. The molecule has 0 aliphatic heterocycles. The van der Waals surface area contributed by atoms with Gasteiger partial charge in [-0.15, -0.1) is 0 Å². The van der Waals surface area contributed by atoms with Gasteiger partial charge in [-0.05, 0) is 0 Å². The maximum absolute atomic E-state index is 4.73. The number of hydrogen-bond acceptors (Lipinski definition) is 0. The third-order valence-electron chi connectivity index (χ3n) is 0. The Hall–Kier alpha value is 0.853. The summed E-state index contributed by atoms with van der Waals surface area (Å²) in [7, 11) is 4.73. The summed E-state index contributed by atoms with van der Waals surface area (Å²) < 4.78 is 0. The Morgan fingerprint density at radius 3 is 0.400 bits per heavy atom. The van der Waals surface area contributed by atoms with Crippen molar-refractivity contribution in [3.63, 3.8) is 0 Å². The summed E-state index contributed by atoms with van der Waals surface area (Å²) >= 11 is 1.02. The van der Waals surface area contributed by atoms with Gasteiger partial charge in [0.05, 0.1) is 0 Å². The molecule has 75 valence electrons. The van der Waals surface area contributed by atoms with Crippen molar-refractivity contribution in [1.82, 2.24) is 0 Å². The van der Waals surface area contributed by atoms with Crippen molar-refractivity contribution in [2.45, 2.75) is 0 Å². The molecule has 0 heterocycles. The van der Waals surface area contributed by atoms with Crippen LogP contribution in [0.5, 0.6) is 0 Å². The molecule has 0 atom stereocenters. The van der Waals surface area contributed by atoms with Crippen molar-refractivity contribution in [2.75, 3.05) is 0 Å². The Labute approximate surface area is 76.0 Å². The number of halogens is 1. The van der Waals surface area contributed by atoms with E-state index in [2.05, 4.69) is 0 Å². The van der Waals surface area contributed by atoms with Gasteiger partial charge in [-0.25, -0.2) is 0 Å². The summed E-state index contributed by atoms with van der Waals surface area (Å²) in [5.74, 6) is 0. The van der Waals surface area contributed by atoms with Crippen molar-refractivity contribution in [1.29, 1.82) is 0 Å². The molecule has 0 aromatic carbocycles. The Kier molecular flexibility index (Phi) is 32600. The average molecular weight is 271 g/mol. The minimum atomic E-state index is 0. The molecule has 0 aliphatic carbocycles. The summed E-state index contributed by atoms with van der Waals surface area (Å²) in [6.45, 7) is 0. The van der Waals surface area contributed by atoms with Crippen LogP contribution in [0, 0.1) is 0 Å². The second kappa shape index (κ2) is 1060. The first-order valence-electron chi connectivity index (χ1n) is 0.189. The van der Waals surface area contributed by atoms with Crippen molar-refractivity contribution < 1.29 is 67.3 Å². The second-order valence-electron chi connectivity index (χ2n) is 0. The standard InChI is InChI=1S/ClH.8H2O.Zr/h1H;8*1H2;/q;;;;;;;;;+1/p-1. The fourth-order valence-corrected chi connectivity index (χ4v) is 0. The first-order valence-corrected chi connectivity index (χ1v) is 3.35. The van der Waals surface area contributed by atoms with Gasteiger partial charge in [-0.1, -0.05) is 0 Å². The molecule has 0 amide bonds. The molecular weight excluding hydrogens is 255 g/mol. The number of rotatable bonds is 0. The normalized spacial score (nSPS) is 0.400. The van der Waals surface area contributed by atoms with Crippen molar-refractivity contribution in [3.8, 4) is 0 Å². The molecule has 0 aliphatic rings. The summed E-state index contributed by atoms with van der Waals surface area (Å²) in [6, 6.07) is 0. The molecule has 0 unspecified atom stereocenters. The van der Waals surface area contributed by atoms with Gasteiger partial charge in [0.15, 0.2) is 0 Å². The minimum absolute atomic E-state index is 0. The van der Waals surface area contributed by atoms with E-state index in [-0.39, 0.29) is 43.8 Å². The molecule has 10 heavy (non-hydrogen) atoms. The van der Waals surface area contributed by atoms with E-state index in [1.165, 1.54) is 0 Å². The summed E-state index contributed by atoms with van der Waals surface area (Å²) in [5, 5.41) is 0. The zero-order chi connectivity index (χ0) is 2.00. The first kappa shape index (κ1) is 307. The third-order valence-corrected chi connectivity index (χ3v) is 0. The van der Waals surface area contributed by atoms with Gasteiger partial charge in [0, 0.05) is 0 Å². The molecule has 0 rings (SSSR count). The molecular formula is H16ClO8Zr. The van der Waals surface area contributed by atoms with Gasteiger partial charge in [0.25, 0.3) is 0 Å². The van der Waals surface area contributed by atoms with Crippen LogP contribution in [0.15, 0.2) is 0 Å². The van der Waals surface area contributed by atoms with E-state index in [0.717, 1.165) is 23.5 Å². The second-order valence-corrected chi connectivity index (χ2v) is 0. The van der Waals surface area contributed by atoms with Crippen LogP contribution in [-0.4, -0.2) is 43.8 Å². The van der Waals surface area contributed by atoms with Crippen LogP contribution in [0.3, 0.4) is 0 Å². The molecule has 0 saturated heterocycles. The van der Waals surface area contributed by atoms with E-state index in [0.29, 0.717) is 0 Å². The molecule has 10 heteroatoms. The van der Waals surface area contributed by atoms with Crippen LogP contribution in [0.25, 0.3) is 0 Å². The molecule has 0 saturated carbocycles. The topological polar surface area (TPSA) is 252 Å². The predicted octanol–water partition coefficient (Wildman–Crippen LogP) is -5.91. The SMILES string of the molecule is O.O.O.O.O.O.O.O.[Cl][Zr]. The molecule has 0 bridgehead atoms. The van der Waals surface area contributed by atoms with Crippen LogP contribution in [0.4, 0.5) is 0 Å². The van der Waals surface area contributed by atoms with E-state index < -0.39 is 0 Å². The molecule has 16 N–H and O–H groups in total. The summed E-state index contributed by atoms with van der Waals surface area (Å²) in [4.78, 5) is 0. The maximum atomic E-state index is 4.73. The van der Waals surface area contributed by atoms with Crippen molar-refractivity contribution >= 4 is 8.51 Å². The van der Waals surface area contributed by atoms with Crippen LogP contribution >= 0.6 is 8.51 Å². The Morgan fingerprint density at radius 1 is 0.400 bits per heavy atom. The van der Waals surface area contributed by atoms with Gasteiger partial charge in [0.1, 0.15) is 0 Å². The van der Waals surface area contributed by atoms with E-state index in [9.17, 15) is 0 Å². The van der Waals surface area contributed by atoms with Crippen LogP contribution < -0.4 is 0 Å². The van der Waals surface area contributed by atoms with E-state index in [4.69, 9.17) is 8.51 Å². The zero-order valence-electron chi connectivity index (χ0n) is 4.88. The van der Waals surface area contributed by atoms with Gasteiger partial charge in [0.2, 0.25) is 0 Å². The summed E-state index contributed by atoms with van der Waals surface area (Å²) in [5.41, 5.74) is 0. The Morgan fingerprint density at radius 2 is 0.400 bits per heavy atom. The van der Waals surface area contributed by atoms with Gasteiger partial charge in [-0.3, -0.25) is 0 Å². The van der Waals surface area contributed by atoms with E-state index in [1.54, 1.807) is 0 Å². The first-order chi connectivity index (χ1) is 1.00.